The Hall–Kier alpha value is -1.49. The molecule has 0 aliphatic rings. The Labute approximate surface area is 66.4 Å². The Balaban J connectivity index is 3.15. The lowest BCUT2D eigenvalue weighted by Gasteiger charge is -1.99. The Bertz CT molecular complexity index is 297. The van der Waals surface area contributed by atoms with Crippen molar-refractivity contribution in [1.82, 2.24) is 4.98 Å². The summed E-state index contributed by atoms with van der Waals surface area (Å²) in [6, 6.07) is 3.68. The van der Waals surface area contributed by atoms with Crippen molar-refractivity contribution >= 4 is 5.69 Å². The van der Waals surface area contributed by atoms with Gasteiger partial charge in [-0.25, -0.2) is 4.98 Å². The Morgan fingerprint density at radius 2 is 2.36 bits per heavy atom. The molecule has 2 N–H and O–H groups in total. The second kappa shape index (κ2) is 3.07. The summed E-state index contributed by atoms with van der Waals surface area (Å²) in [7, 11) is 0. The molecule has 0 bridgehead atoms. The molecular weight excluding hydrogens is 136 g/mol. The first-order chi connectivity index (χ1) is 5.27. The summed E-state index contributed by atoms with van der Waals surface area (Å²) in [5, 5.41) is 0. The lowest BCUT2D eigenvalue weighted by molar-refractivity contribution is 1.03. The monoisotopic (exact) mass is 146 g/mol. The minimum atomic E-state index is 0.546. The van der Waals surface area contributed by atoms with Gasteiger partial charge >= 0.3 is 0 Å². The summed E-state index contributed by atoms with van der Waals surface area (Å²) in [4.78, 5) is 4.15. The van der Waals surface area contributed by atoms with E-state index >= 15 is 0 Å². The maximum atomic E-state index is 5.55. The number of hydrogen-bond acceptors (Lipinski definition) is 2. The zero-order chi connectivity index (χ0) is 8.27. The van der Waals surface area contributed by atoms with Gasteiger partial charge in [-0.05, 0) is 24.5 Å². The van der Waals surface area contributed by atoms with E-state index in [2.05, 4.69) is 10.9 Å². The predicted molar refractivity (Wildman–Crippen MR) is 46.0 cm³/mol. The molecule has 1 aromatic rings. The van der Waals surface area contributed by atoms with Crippen LogP contribution in [0, 0.1) is 12.3 Å². The minimum absolute atomic E-state index is 0.546. The van der Waals surface area contributed by atoms with Gasteiger partial charge in [-0.1, -0.05) is 6.92 Å². The van der Waals surface area contributed by atoms with Gasteiger partial charge in [-0.3, -0.25) is 0 Å². The van der Waals surface area contributed by atoms with Crippen molar-refractivity contribution in [1.29, 1.82) is 0 Å². The molecule has 0 unspecified atom stereocenters. The molecule has 0 atom stereocenters. The van der Waals surface area contributed by atoms with E-state index in [4.69, 9.17) is 12.2 Å². The molecule has 0 aromatic carbocycles. The van der Waals surface area contributed by atoms with E-state index in [1.54, 1.807) is 6.07 Å². The molecule has 1 rings (SSSR count). The number of anilines is 1. The summed E-state index contributed by atoms with van der Waals surface area (Å²) in [6.07, 6.45) is 6.07. The Kier molecular flexibility index (Phi) is 2.12. The van der Waals surface area contributed by atoms with Crippen LogP contribution in [0.5, 0.6) is 0 Å². The second-order valence-corrected chi connectivity index (χ2v) is 2.24. The van der Waals surface area contributed by atoms with Crippen LogP contribution in [0.25, 0.3) is 0 Å². The van der Waals surface area contributed by atoms with Crippen molar-refractivity contribution in [2.45, 2.75) is 13.3 Å². The molecule has 0 amide bonds. The van der Waals surface area contributed by atoms with E-state index in [0.717, 1.165) is 12.1 Å². The molecule has 0 aliphatic heterocycles. The number of pyridine rings is 1. The third-order valence-electron chi connectivity index (χ3n) is 1.48. The highest BCUT2D eigenvalue weighted by Gasteiger charge is 1.97. The van der Waals surface area contributed by atoms with Gasteiger partial charge in [-0.15, -0.1) is 6.42 Å². The zero-order valence-electron chi connectivity index (χ0n) is 6.46. The fraction of sp³-hybridized carbons (Fsp3) is 0.222. The first-order valence-corrected chi connectivity index (χ1v) is 3.50. The quantitative estimate of drug-likeness (QED) is 0.605. The number of hydrogen-bond donors (Lipinski definition) is 1. The Morgan fingerprint density at radius 1 is 1.64 bits per heavy atom. The molecular formula is C9H10N2. The largest absolute Gasteiger partial charge is 0.396 e. The van der Waals surface area contributed by atoms with Crippen LogP contribution in [0.15, 0.2) is 12.1 Å². The third kappa shape index (κ3) is 1.50. The molecule has 2 heteroatoms. The highest BCUT2D eigenvalue weighted by Crippen LogP contribution is 2.08. The van der Waals surface area contributed by atoms with E-state index in [1.165, 1.54) is 0 Å². The molecule has 1 aromatic heterocycles. The van der Waals surface area contributed by atoms with Crippen LogP contribution in [-0.2, 0) is 6.42 Å². The zero-order valence-corrected chi connectivity index (χ0v) is 6.46. The Morgan fingerprint density at radius 3 is 2.91 bits per heavy atom. The number of nitrogens with zero attached hydrogens (tertiary/aromatic N) is 1. The molecule has 56 valence electrons. The first-order valence-electron chi connectivity index (χ1n) is 3.50. The fourth-order valence-corrected chi connectivity index (χ4v) is 0.823. The topological polar surface area (TPSA) is 38.9 Å². The molecule has 11 heavy (non-hydrogen) atoms. The van der Waals surface area contributed by atoms with Gasteiger partial charge in [-0.2, -0.15) is 0 Å². The lowest BCUT2D eigenvalue weighted by Crippen LogP contribution is -1.96. The number of nitrogen functional groups attached to an aromatic ring is 1. The number of terminal acetylenes is 1. The molecule has 0 aliphatic carbocycles. The summed E-state index contributed by atoms with van der Waals surface area (Å²) in [5.74, 6) is 2.43. The van der Waals surface area contributed by atoms with Crippen molar-refractivity contribution in [3.8, 4) is 12.3 Å². The van der Waals surface area contributed by atoms with E-state index in [-0.39, 0.29) is 0 Å². The van der Waals surface area contributed by atoms with Gasteiger partial charge in [0, 0.05) is 5.69 Å². The smallest absolute Gasteiger partial charge is 0.136 e. The van der Waals surface area contributed by atoms with E-state index in [0.29, 0.717) is 11.4 Å². The summed E-state index contributed by atoms with van der Waals surface area (Å²) in [6.45, 7) is 2.03. The molecule has 0 radical (unpaired) electrons. The van der Waals surface area contributed by atoms with Crippen LogP contribution in [0.4, 0.5) is 5.69 Å². The number of aryl methyl sites for hydroxylation is 1. The SMILES string of the molecule is C#Cc1nc(CC)ccc1N. The third-order valence-corrected chi connectivity index (χ3v) is 1.48. The summed E-state index contributed by atoms with van der Waals surface area (Å²) >= 11 is 0. The number of rotatable bonds is 1. The number of nitrogens with two attached hydrogens (primary N) is 1. The average Bonchev–Trinajstić information content (AvgIpc) is 2.05. The van der Waals surface area contributed by atoms with Crippen LogP contribution in [0.2, 0.25) is 0 Å². The molecule has 0 saturated heterocycles. The predicted octanol–water partition coefficient (Wildman–Crippen LogP) is 1.21. The van der Waals surface area contributed by atoms with Gasteiger partial charge in [0.05, 0.1) is 5.69 Å². The standard InChI is InChI=1S/C9H10N2/c1-3-7-5-6-8(10)9(4-2)11-7/h2,5-6H,3,10H2,1H3. The highest BCUT2D eigenvalue weighted by atomic mass is 14.7. The van der Waals surface area contributed by atoms with Crippen molar-refractivity contribution in [3.05, 3.63) is 23.5 Å². The molecule has 0 fully saturated rings. The van der Waals surface area contributed by atoms with Gasteiger partial charge in [0.15, 0.2) is 0 Å². The van der Waals surface area contributed by atoms with Crippen molar-refractivity contribution in [2.24, 2.45) is 0 Å². The summed E-state index contributed by atoms with van der Waals surface area (Å²) < 4.78 is 0. The molecule has 1 heterocycles. The van der Waals surface area contributed by atoms with Gasteiger partial charge in [0.2, 0.25) is 0 Å². The van der Waals surface area contributed by atoms with Crippen molar-refractivity contribution < 1.29 is 0 Å². The van der Waals surface area contributed by atoms with Gasteiger partial charge < -0.3 is 5.73 Å². The van der Waals surface area contributed by atoms with Crippen LogP contribution >= 0.6 is 0 Å². The van der Waals surface area contributed by atoms with E-state index in [1.807, 2.05) is 13.0 Å². The normalized spacial score (nSPS) is 9.09. The van der Waals surface area contributed by atoms with E-state index < -0.39 is 0 Å². The average molecular weight is 146 g/mol. The molecule has 0 saturated carbocycles. The highest BCUT2D eigenvalue weighted by molar-refractivity contribution is 5.51. The van der Waals surface area contributed by atoms with Crippen LogP contribution in [0.3, 0.4) is 0 Å². The number of aromatic nitrogens is 1. The lowest BCUT2D eigenvalue weighted by atomic mass is 10.2. The second-order valence-electron chi connectivity index (χ2n) is 2.24. The van der Waals surface area contributed by atoms with Gasteiger partial charge in [0.25, 0.3) is 0 Å². The minimum Gasteiger partial charge on any atom is -0.396 e. The van der Waals surface area contributed by atoms with Crippen LogP contribution in [-0.4, -0.2) is 4.98 Å². The van der Waals surface area contributed by atoms with Crippen LogP contribution in [0.1, 0.15) is 18.3 Å². The fourth-order valence-electron chi connectivity index (χ4n) is 0.823. The van der Waals surface area contributed by atoms with Crippen LogP contribution < -0.4 is 5.73 Å². The van der Waals surface area contributed by atoms with Crippen molar-refractivity contribution in [2.75, 3.05) is 5.73 Å². The van der Waals surface area contributed by atoms with Crippen molar-refractivity contribution in [3.63, 3.8) is 0 Å². The first kappa shape index (κ1) is 7.62. The van der Waals surface area contributed by atoms with Gasteiger partial charge in [0.1, 0.15) is 5.69 Å². The maximum Gasteiger partial charge on any atom is 0.136 e. The maximum absolute atomic E-state index is 5.55. The molecule has 0 spiro atoms. The van der Waals surface area contributed by atoms with E-state index in [9.17, 15) is 0 Å². The molecule has 2 nitrogen and oxygen atoms in total. The summed E-state index contributed by atoms with van der Waals surface area (Å²) in [5.41, 5.74) is 7.65.